The van der Waals surface area contributed by atoms with Crippen LogP contribution in [0.3, 0.4) is 0 Å². The van der Waals surface area contributed by atoms with Crippen LogP contribution in [0.15, 0.2) is 47.7 Å². The normalized spacial score (nSPS) is 14.0. The second-order valence-electron chi connectivity index (χ2n) is 5.62. The molecule has 8 nitrogen and oxygen atoms in total. The van der Waals surface area contributed by atoms with Crippen LogP contribution >= 0.6 is 0 Å². The van der Waals surface area contributed by atoms with Gasteiger partial charge in [-0.2, -0.15) is 5.10 Å². The Hall–Kier alpha value is -3.49. The van der Waals surface area contributed by atoms with Gasteiger partial charge in [0, 0.05) is 19.0 Å². The molecule has 3 rings (SSSR count). The Kier molecular flexibility index (Phi) is 5.07. The highest BCUT2D eigenvalue weighted by Gasteiger charge is 2.25. The monoisotopic (exact) mass is 357 g/mol. The molecule has 1 aromatic carbocycles. The Labute approximate surface area is 148 Å². The highest BCUT2D eigenvalue weighted by atomic mass is 19.1. The van der Waals surface area contributed by atoms with E-state index in [1.165, 1.54) is 17.1 Å². The molecule has 0 aliphatic carbocycles. The summed E-state index contributed by atoms with van der Waals surface area (Å²) in [5.74, 6) is -1.71. The fraction of sp³-hybridized carbons (Fsp3) is 0.176. The third-order valence-corrected chi connectivity index (χ3v) is 3.74. The third-order valence-electron chi connectivity index (χ3n) is 3.74. The van der Waals surface area contributed by atoms with Crippen LogP contribution in [0.2, 0.25) is 0 Å². The van der Waals surface area contributed by atoms with Crippen molar-refractivity contribution in [3.8, 4) is 0 Å². The molecule has 1 aliphatic heterocycles. The first-order valence-corrected chi connectivity index (χ1v) is 7.89. The summed E-state index contributed by atoms with van der Waals surface area (Å²) in [4.78, 5) is 38.7. The average molecular weight is 357 g/mol. The number of benzene rings is 1. The zero-order valence-electron chi connectivity index (χ0n) is 13.7. The van der Waals surface area contributed by atoms with Crippen molar-refractivity contribution < 1.29 is 18.8 Å². The molecule has 3 N–H and O–H groups in total. The molecule has 134 valence electrons. The van der Waals surface area contributed by atoms with Gasteiger partial charge in [-0.3, -0.25) is 25.2 Å². The lowest BCUT2D eigenvalue weighted by molar-refractivity contribution is -0.132. The van der Waals surface area contributed by atoms with Crippen molar-refractivity contribution in [3.05, 3.63) is 59.7 Å². The minimum absolute atomic E-state index is 0.123. The number of halogens is 1. The topological polar surface area (TPSA) is 107 Å². The lowest BCUT2D eigenvalue weighted by Gasteiger charge is -2.23. The molecule has 0 saturated heterocycles. The maximum atomic E-state index is 13.0. The summed E-state index contributed by atoms with van der Waals surface area (Å²) < 4.78 is 13.0. The smallest absolute Gasteiger partial charge is 0.286 e. The molecule has 2 aromatic rings. The molecule has 0 atom stereocenters. The van der Waals surface area contributed by atoms with Crippen molar-refractivity contribution in [2.24, 2.45) is 5.10 Å². The molecule has 0 bridgehead atoms. The number of aromatic amines is 1. The second kappa shape index (κ2) is 7.60. The van der Waals surface area contributed by atoms with E-state index in [0.717, 1.165) is 0 Å². The maximum absolute atomic E-state index is 13.0. The number of H-pyrrole nitrogens is 1. The first-order valence-electron chi connectivity index (χ1n) is 7.89. The summed E-state index contributed by atoms with van der Waals surface area (Å²) in [5.41, 5.74) is 5.64. The van der Waals surface area contributed by atoms with E-state index < -0.39 is 11.8 Å². The molecule has 2 heterocycles. The van der Waals surface area contributed by atoms with Crippen molar-refractivity contribution in [3.63, 3.8) is 0 Å². The van der Waals surface area contributed by atoms with Crippen LogP contribution < -0.4 is 10.9 Å². The van der Waals surface area contributed by atoms with Crippen molar-refractivity contribution in [2.45, 2.75) is 19.4 Å². The number of hydrogen-bond donors (Lipinski definition) is 3. The van der Waals surface area contributed by atoms with Gasteiger partial charge in [0.15, 0.2) is 0 Å². The van der Waals surface area contributed by atoms with Gasteiger partial charge in [-0.15, -0.1) is 0 Å². The summed E-state index contributed by atoms with van der Waals surface area (Å²) in [7, 11) is 0. The molecule has 3 amide bonds. The molecule has 0 unspecified atom stereocenters. The standard InChI is InChI=1S/C17H16FN5O3/c18-12-5-3-11(4-6-12)10-23-15(24)8-7-14(22-23)17(26)21-20-16(25)13-2-1-9-19-13/h1-6,9,19H,7-8,10H2,(H,20,25)(H,21,26). The van der Waals surface area contributed by atoms with Crippen LogP contribution in [-0.4, -0.2) is 33.4 Å². The van der Waals surface area contributed by atoms with Gasteiger partial charge >= 0.3 is 0 Å². The largest absolute Gasteiger partial charge is 0.357 e. The Morgan fingerprint density at radius 2 is 1.85 bits per heavy atom. The summed E-state index contributed by atoms with van der Waals surface area (Å²) in [6, 6.07) is 8.88. The van der Waals surface area contributed by atoms with E-state index >= 15 is 0 Å². The Morgan fingerprint density at radius 3 is 2.54 bits per heavy atom. The summed E-state index contributed by atoms with van der Waals surface area (Å²) in [6.45, 7) is 0.130. The van der Waals surface area contributed by atoms with Gasteiger partial charge in [-0.1, -0.05) is 12.1 Å². The van der Waals surface area contributed by atoms with E-state index in [0.29, 0.717) is 11.3 Å². The number of aromatic nitrogens is 1. The molecule has 0 saturated carbocycles. The number of nitrogens with zero attached hydrogens (tertiary/aromatic N) is 2. The fourth-order valence-corrected chi connectivity index (χ4v) is 2.38. The first kappa shape index (κ1) is 17.3. The SMILES string of the molecule is O=C(NNC(=O)c1ccc[nH]1)C1=NN(Cc2ccc(F)cc2)C(=O)CC1. The predicted octanol–water partition coefficient (Wildman–Crippen LogP) is 1.09. The van der Waals surface area contributed by atoms with Crippen molar-refractivity contribution in [2.75, 3.05) is 0 Å². The summed E-state index contributed by atoms with van der Waals surface area (Å²) >= 11 is 0. The van der Waals surface area contributed by atoms with Gasteiger partial charge in [0.1, 0.15) is 17.2 Å². The number of amides is 3. The van der Waals surface area contributed by atoms with Gasteiger partial charge < -0.3 is 4.98 Å². The molecule has 26 heavy (non-hydrogen) atoms. The van der Waals surface area contributed by atoms with E-state index in [4.69, 9.17) is 0 Å². The van der Waals surface area contributed by atoms with E-state index in [1.807, 2.05) is 0 Å². The van der Waals surface area contributed by atoms with E-state index in [-0.39, 0.29) is 36.8 Å². The van der Waals surface area contributed by atoms with Crippen molar-refractivity contribution in [1.29, 1.82) is 0 Å². The third kappa shape index (κ3) is 4.12. The maximum Gasteiger partial charge on any atom is 0.286 e. The Morgan fingerprint density at radius 1 is 1.12 bits per heavy atom. The number of nitrogens with one attached hydrogen (secondary N) is 3. The average Bonchev–Trinajstić information content (AvgIpc) is 3.18. The van der Waals surface area contributed by atoms with Crippen LogP contribution in [0.5, 0.6) is 0 Å². The zero-order valence-corrected chi connectivity index (χ0v) is 13.7. The van der Waals surface area contributed by atoms with Crippen LogP contribution in [-0.2, 0) is 16.1 Å². The summed E-state index contributed by atoms with van der Waals surface area (Å²) in [5, 5.41) is 5.22. The van der Waals surface area contributed by atoms with E-state index in [2.05, 4.69) is 20.9 Å². The number of rotatable bonds is 4. The molecular weight excluding hydrogens is 341 g/mol. The lowest BCUT2D eigenvalue weighted by Crippen LogP contribution is -2.47. The number of carbonyl (C=O) groups excluding carboxylic acids is 3. The van der Waals surface area contributed by atoms with Gasteiger partial charge in [-0.05, 0) is 29.8 Å². The fourth-order valence-electron chi connectivity index (χ4n) is 2.38. The van der Waals surface area contributed by atoms with Crippen molar-refractivity contribution >= 4 is 23.4 Å². The number of carbonyl (C=O) groups is 3. The predicted molar refractivity (Wildman–Crippen MR) is 90.0 cm³/mol. The molecule has 0 fully saturated rings. The van der Waals surface area contributed by atoms with Crippen LogP contribution in [0.1, 0.15) is 28.9 Å². The summed E-state index contributed by atoms with van der Waals surface area (Å²) in [6.07, 6.45) is 1.88. The molecule has 0 radical (unpaired) electrons. The number of hydrazine groups is 1. The Balaban J connectivity index is 1.62. The number of hydrogen-bond acceptors (Lipinski definition) is 4. The molecule has 1 aromatic heterocycles. The minimum Gasteiger partial charge on any atom is -0.357 e. The van der Waals surface area contributed by atoms with Crippen LogP contribution in [0.25, 0.3) is 0 Å². The van der Waals surface area contributed by atoms with E-state index in [1.54, 1.807) is 30.5 Å². The van der Waals surface area contributed by atoms with Gasteiger partial charge in [-0.25, -0.2) is 9.40 Å². The van der Waals surface area contributed by atoms with Crippen LogP contribution in [0, 0.1) is 5.82 Å². The molecule has 0 spiro atoms. The van der Waals surface area contributed by atoms with Gasteiger partial charge in [0.2, 0.25) is 5.91 Å². The highest BCUT2D eigenvalue weighted by molar-refractivity contribution is 6.39. The number of hydrazone groups is 1. The molecule has 9 heteroatoms. The molecule has 1 aliphatic rings. The van der Waals surface area contributed by atoms with Gasteiger partial charge in [0.05, 0.1) is 6.54 Å². The van der Waals surface area contributed by atoms with E-state index in [9.17, 15) is 18.8 Å². The first-order chi connectivity index (χ1) is 12.5. The van der Waals surface area contributed by atoms with Gasteiger partial charge in [0.25, 0.3) is 11.8 Å². The molecular formula is C17H16FN5O3. The quantitative estimate of drug-likeness (QED) is 0.713. The van der Waals surface area contributed by atoms with Crippen LogP contribution in [0.4, 0.5) is 4.39 Å². The zero-order chi connectivity index (χ0) is 18.5. The minimum atomic E-state index is -0.596. The highest BCUT2D eigenvalue weighted by Crippen LogP contribution is 2.14. The second-order valence-corrected chi connectivity index (χ2v) is 5.62. The van der Waals surface area contributed by atoms with Crippen molar-refractivity contribution in [1.82, 2.24) is 20.8 Å². The lowest BCUT2D eigenvalue weighted by atomic mass is 10.1. The Bertz CT molecular complexity index is 846.